The zero-order valence-corrected chi connectivity index (χ0v) is 13.3. The maximum absolute atomic E-state index is 9.44. The molecular weight excluding hydrogens is 286 g/mol. The SMILES string of the molecule is Cc1ccc(OC2CCOC3(CCSCC3)C2)c(CO)n1. The van der Waals surface area contributed by atoms with Crippen molar-refractivity contribution < 1.29 is 14.6 Å². The third kappa shape index (κ3) is 3.52. The Morgan fingerprint density at radius 1 is 1.43 bits per heavy atom. The summed E-state index contributed by atoms with van der Waals surface area (Å²) in [6.07, 6.45) is 4.27. The molecule has 2 aliphatic rings. The van der Waals surface area contributed by atoms with E-state index in [0.29, 0.717) is 5.69 Å². The van der Waals surface area contributed by atoms with Gasteiger partial charge in [0.2, 0.25) is 0 Å². The lowest BCUT2D eigenvalue weighted by molar-refractivity contribution is -0.116. The molecule has 5 heteroatoms. The maximum atomic E-state index is 9.44. The molecule has 0 aromatic carbocycles. The third-order valence-corrected chi connectivity index (χ3v) is 5.35. The fraction of sp³-hybridized carbons (Fsp3) is 0.688. The van der Waals surface area contributed by atoms with Crippen molar-refractivity contribution in [2.24, 2.45) is 0 Å². The standard InChI is InChI=1S/C16H23NO3S/c1-12-2-3-15(14(11-18)17-12)20-13-4-7-19-16(10-13)5-8-21-9-6-16/h2-3,13,18H,4-11H2,1H3. The number of pyridine rings is 1. The van der Waals surface area contributed by atoms with Gasteiger partial charge in [0.15, 0.2) is 0 Å². The summed E-state index contributed by atoms with van der Waals surface area (Å²) in [5, 5.41) is 9.44. The highest BCUT2D eigenvalue weighted by Crippen LogP contribution is 2.38. The van der Waals surface area contributed by atoms with Crippen molar-refractivity contribution in [1.29, 1.82) is 0 Å². The molecule has 4 nitrogen and oxygen atoms in total. The summed E-state index contributed by atoms with van der Waals surface area (Å²) in [5.74, 6) is 3.08. The van der Waals surface area contributed by atoms with Crippen molar-refractivity contribution in [1.82, 2.24) is 4.98 Å². The van der Waals surface area contributed by atoms with Gasteiger partial charge in [-0.15, -0.1) is 0 Å². The van der Waals surface area contributed by atoms with E-state index < -0.39 is 0 Å². The highest BCUT2D eigenvalue weighted by atomic mass is 32.2. The van der Waals surface area contributed by atoms with Crippen LogP contribution in [0.3, 0.4) is 0 Å². The van der Waals surface area contributed by atoms with Crippen LogP contribution in [-0.4, -0.2) is 39.9 Å². The summed E-state index contributed by atoms with van der Waals surface area (Å²) in [5.41, 5.74) is 1.56. The number of rotatable bonds is 3. The summed E-state index contributed by atoms with van der Waals surface area (Å²) in [6.45, 7) is 2.61. The van der Waals surface area contributed by atoms with Crippen LogP contribution in [0.15, 0.2) is 12.1 Å². The minimum atomic E-state index is -0.0813. The Bertz CT molecular complexity index is 483. The molecule has 1 aromatic rings. The summed E-state index contributed by atoms with van der Waals surface area (Å²) < 4.78 is 12.2. The minimum Gasteiger partial charge on any atom is -0.488 e. The van der Waals surface area contributed by atoms with Crippen molar-refractivity contribution in [3.63, 3.8) is 0 Å². The van der Waals surface area contributed by atoms with Gasteiger partial charge in [-0.3, -0.25) is 4.98 Å². The van der Waals surface area contributed by atoms with Crippen LogP contribution in [0.5, 0.6) is 5.75 Å². The van der Waals surface area contributed by atoms with Crippen molar-refractivity contribution >= 4 is 11.8 Å². The molecule has 0 bridgehead atoms. The number of aliphatic hydroxyl groups excluding tert-OH is 1. The lowest BCUT2D eigenvalue weighted by atomic mass is 9.86. The Labute approximate surface area is 130 Å². The Morgan fingerprint density at radius 2 is 2.24 bits per heavy atom. The van der Waals surface area contributed by atoms with Gasteiger partial charge in [0.25, 0.3) is 0 Å². The first-order valence-electron chi connectivity index (χ1n) is 7.66. The molecular formula is C16H23NO3S. The molecule has 1 N–H and O–H groups in total. The van der Waals surface area contributed by atoms with Gasteiger partial charge < -0.3 is 14.6 Å². The first-order valence-corrected chi connectivity index (χ1v) is 8.82. The van der Waals surface area contributed by atoms with E-state index in [-0.39, 0.29) is 18.3 Å². The van der Waals surface area contributed by atoms with Gasteiger partial charge in [0, 0.05) is 18.5 Å². The van der Waals surface area contributed by atoms with Crippen LogP contribution in [0, 0.1) is 6.92 Å². The second-order valence-corrected chi connectivity index (χ2v) is 7.16. The lowest BCUT2D eigenvalue weighted by Gasteiger charge is -2.43. The fourth-order valence-corrected chi connectivity index (χ4v) is 4.41. The highest BCUT2D eigenvalue weighted by Gasteiger charge is 2.39. The van der Waals surface area contributed by atoms with E-state index in [0.717, 1.165) is 43.7 Å². The number of aryl methyl sites for hydroxylation is 1. The van der Waals surface area contributed by atoms with Crippen molar-refractivity contribution in [2.45, 2.75) is 50.9 Å². The molecule has 2 saturated heterocycles. The number of aliphatic hydroxyl groups is 1. The van der Waals surface area contributed by atoms with Gasteiger partial charge in [-0.25, -0.2) is 0 Å². The fourth-order valence-electron chi connectivity index (χ4n) is 3.17. The lowest BCUT2D eigenvalue weighted by Crippen LogP contribution is -2.46. The molecule has 2 aliphatic heterocycles. The summed E-state index contributed by atoms with van der Waals surface area (Å²) >= 11 is 2.01. The molecule has 0 saturated carbocycles. The number of hydrogen-bond donors (Lipinski definition) is 1. The number of ether oxygens (including phenoxy) is 2. The maximum Gasteiger partial charge on any atom is 0.143 e. The van der Waals surface area contributed by atoms with Crippen LogP contribution >= 0.6 is 11.8 Å². The third-order valence-electron chi connectivity index (χ3n) is 4.37. The Morgan fingerprint density at radius 3 is 3.00 bits per heavy atom. The van der Waals surface area contributed by atoms with E-state index in [9.17, 15) is 5.11 Å². The van der Waals surface area contributed by atoms with Gasteiger partial charge >= 0.3 is 0 Å². The molecule has 21 heavy (non-hydrogen) atoms. The first kappa shape index (κ1) is 15.1. The van der Waals surface area contributed by atoms with E-state index in [1.807, 2.05) is 30.8 Å². The molecule has 1 spiro atoms. The topological polar surface area (TPSA) is 51.6 Å². The van der Waals surface area contributed by atoms with E-state index in [2.05, 4.69) is 4.98 Å². The molecule has 0 radical (unpaired) electrons. The highest BCUT2D eigenvalue weighted by molar-refractivity contribution is 7.99. The minimum absolute atomic E-state index is 0.0195. The predicted octanol–water partition coefficient (Wildman–Crippen LogP) is 2.71. The summed E-state index contributed by atoms with van der Waals surface area (Å²) in [6, 6.07) is 3.85. The van der Waals surface area contributed by atoms with Crippen LogP contribution in [0.4, 0.5) is 0 Å². The van der Waals surface area contributed by atoms with Gasteiger partial charge in [-0.1, -0.05) is 0 Å². The van der Waals surface area contributed by atoms with E-state index in [1.54, 1.807) is 0 Å². The predicted molar refractivity (Wildman–Crippen MR) is 83.8 cm³/mol. The number of thioether (sulfide) groups is 1. The Hall–Kier alpha value is -0.780. The summed E-state index contributed by atoms with van der Waals surface area (Å²) in [4.78, 5) is 4.35. The zero-order valence-electron chi connectivity index (χ0n) is 12.5. The Kier molecular flexibility index (Phi) is 4.72. The molecule has 1 unspecified atom stereocenters. The number of nitrogens with zero attached hydrogens (tertiary/aromatic N) is 1. The van der Waals surface area contributed by atoms with E-state index in [4.69, 9.17) is 9.47 Å². The average molecular weight is 309 g/mol. The van der Waals surface area contributed by atoms with Gasteiger partial charge in [-0.05, 0) is 43.4 Å². The zero-order chi connectivity index (χ0) is 14.7. The molecule has 1 aromatic heterocycles. The molecule has 2 fully saturated rings. The molecule has 3 rings (SSSR count). The van der Waals surface area contributed by atoms with Gasteiger partial charge in [0.05, 0.1) is 18.8 Å². The molecule has 1 atom stereocenters. The molecule has 0 amide bonds. The molecule has 0 aliphatic carbocycles. The number of aromatic nitrogens is 1. The van der Waals surface area contributed by atoms with Crippen LogP contribution in [0.25, 0.3) is 0 Å². The molecule has 116 valence electrons. The van der Waals surface area contributed by atoms with Crippen molar-refractivity contribution in [3.05, 3.63) is 23.5 Å². The van der Waals surface area contributed by atoms with E-state index >= 15 is 0 Å². The quantitative estimate of drug-likeness (QED) is 0.930. The average Bonchev–Trinajstić information content (AvgIpc) is 2.50. The van der Waals surface area contributed by atoms with Crippen LogP contribution in [-0.2, 0) is 11.3 Å². The van der Waals surface area contributed by atoms with Crippen LogP contribution < -0.4 is 4.74 Å². The van der Waals surface area contributed by atoms with Crippen molar-refractivity contribution in [2.75, 3.05) is 18.1 Å². The normalized spacial score (nSPS) is 25.0. The second kappa shape index (κ2) is 6.55. The second-order valence-electron chi connectivity index (χ2n) is 5.93. The van der Waals surface area contributed by atoms with Crippen molar-refractivity contribution in [3.8, 4) is 5.75 Å². The van der Waals surface area contributed by atoms with E-state index in [1.165, 1.54) is 11.5 Å². The van der Waals surface area contributed by atoms with Gasteiger partial charge in [-0.2, -0.15) is 11.8 Å². The first-order chi connectivity index (χ1) is 10.2. The smallest absolute Gasteiger partial charge is 0.143 e. The Balaban J connectivity index is 1.70. The largest absolute Gasteiger partial charge is 0.488 e. The monoisotopic (exact) mass is 309 g/mol. The van der Waals surface area contributed by atoms with Crippen LogP contribution in [0.1, 0.15) is 37.1 Å². The molecule has 3 heterocycles. The summed E-state index contributed by atoms with van der Waals surface area (Å²) in [7, 11) is 0. The number of hydrogen-bond acceptors (Lipinski definition) is 5. The van der Waals surface area contributed by atoms with Crippen LogP contribution in [0.2, 0.25) is 0 Å². The van der Waals surface area contributed by atoms with Gasteiger partial charge in [0.1, 0.15) is 17.5 Å².